The Morgan fingerprint density at radius 1 is 1.12 bits per heavy atom. The second kappa shape index (κ2) is 9.05. The first kappa shape index (κ1) is 21.7. The van der Waals surface area contributed by atoms with Gasteiger partial charge in [-0.3, -0.25) is 0 Å². The lowest BCUT2D eigenvalue weighted by molar-refractivity contribution is 0.00446. The summed E-state index contributed by atoms with van der Waals surface area (Å²) in [5.41, 5.74) is 1.41. The summed E-state index contributed by atoms with van der Waals surface area (Å²) in [7, 11) is 0. The van der Waals surface area contributed by atoms with E-state index in [1.54, 1.807) is 0 Å². The third kappa shape index (κ3) is 4.02. The molecule has 2 aliphatic rings. The topological polar surface area (TPSA) is 124 Å². The number of hydrogen-bond acceptors (Lipinski definition) is 10. The lowest BCUT2D eigenvalue weighted by Crippen LogP contribution is -2.38. The van der Waals surface area contributed by atoms with Gasteiger partial charge < -0.3 is 30.3 Å². The minimum absolute atomic E-state index is 0.204. The second-order valence-electron chi connectivity index (χ2n) is 8.03. The predicted molar refractivity (Wildman–Crippen MR) is 123 cm³/mol. The Hall–Kier alpha value is -2.08. The zero-order valence-corrected chi connectivity index (χ0v) is 18.8. The average Bonchev–Trinajstić information content (AvgIpc) is 3.35. The Morgan fingerprint density at radius 3 is 2.62 bits per heavy atom. The van der Waals surface area contributed by atoms with E-state index in [1.165, 1.54) is 11.3 Å². The molecule has 32 heavy (non-hydrogen) atoms. The monoisotopic (exact) mass is 477 g/mol. The Morgan fingerprint density at radius 2 is 1.91 bits per heavy atom. The van der Waals surface area contributed by atoms with Gasteiger partial charge in [0.25, 0.3) is 0 Å². The Bertz CT molecular complexity index is 1080. The molecule has 0 unspecified atom stereocenters. The van der Waals surface area contributed by atoms with E-state index in [2.05, 4.69) is 10.3 Å². The van der Waals surface area contributed by atoms with Gasteiger partial charge in [-0.2, -0.15) is 4.98 Å². The van der Waals surface area contributed by atoms with Crippen LogP contribution >= 0.6 is 22.9 Å². The predicted octanol–water partition coefficient (Wildman–Crippen LogP) is 1.76. The lowest BCUT2D eigenvalue weighted by Gasteiger charge is -2.28. The summed E-state index contributed by atoms with van der Waals surface area (Å²) in [5.74, 6) is 0.502. The lowest BCUT2D eigenvalue weighted by atomic mass is 10.1. The molecule has 1 aromatic carbocycles. The molecule has 0 spiro atoms. The maximum atomic E-state index is 10.5. The number of aliphatic hydroxyl groups is 3. The fraction of sp³-hybridized carbons (Fsp3) is 0.476. The summed E-state index contributed by atoms with van der Waals surface area (Å²) >= 11 is 8.17. The maximum absolute atomic E-state index is 10.5. The van der Waals surface area contributed by atoms with Crippen LogP contribution < -0.4 is 10.2 Å². The van der Waals surface area contributed by atoms with E-state index < -0.39 is 24.2 Å². The Balaban J connectivity index is 1.57. The number of fused-ring (bicyclic) bond motifs is 1. The van der Waals surface area contributed by atoms with E-state index in [4.69, 9.17) is 26.3 Å². The molecule has 11 heteroatoms. The van der Waals surface area contributed by atoms with Gasteiger partial charge in [0.1, 0.15) is 22.1 Å². The van der Waals surface area contributed by atoms with E-state index in [1.807, 2.05) is 29.2 Å². The minimum Gasteiger partial charge on any atom is -0.396 e. The SMILES string of the molecule is OC[C@H]1C[C@@H](Nc2nc(N3CCOCC3)nc(Cl)c2-c2nc3ccccc3s2)[C@H](O)[C@@H]1O. The number of benzene rings is 1. The van der Waals surface area contributed by atoms with E-state index in [0.717, 1.165) is 10.2 Å². The maximum Gasteiger partial charge on any atom is 0.228 e. The number of para-hydroxylation sites is 1. The fourth-order valence-electron chi connectivity index (χ4n) is 4.22. The van der Waals surface area contributed by atoms with Crippen LogP contribution in [0.15, 0.2) is 24.3 Å². The first-order chi connectivity index (χ1) is 15.5. The van der Waals surface area contributed by atoms with Crippen LogP contribution in [0.2, 0.25) is 5.15 Å². The highest BCUT2D eigenvalue weighted by atomic mass is 35.5. The summed E-state index contributed by atoms with van der Waals surface area (Å²) in [6, 6.07) is 7.30. The van der Waals surface area contributed by atoms with E-state index >= 15 is 0 Å². The molecule has 0 amide bonds. The van der Waals surface area contributed by atoms with Crippen molar-refractivity contribution in [2.45, 2.75) is 24.7 Å². The molecule has 4 atom stereocenters. The highest BCUT2D eigenvalue weighted by Crippen LogP contribution is 2.40. The van der Waals surface area contributed by atoms with Crippen molar-refractivity contribution in [1.29, 1.82) is 0 Å². The standard InChI is InChI=1S/C21H24ClN5O4S/c22-18-15(20-24-12-3-1-2-4-14(12)32-20)19(23-13-9-11(10-28)16(29)17(13)30)26-21(25-18)27-5-7-31-8-6-27/h1-4,11,13,16-17,28-30H,5-10H2,(H,23,25,26)/t11-,13-,16-,17+/m1/s1. The van der Waals surface area contributed by atoms with E-state index in [0.29, 0.717) is 55.1 Å². The molecule has 5 rings (SSSR count). The smallest absolute Gasteiger partial charge is 0.228 e. The number of aliphatic hydroxyl groups excluding tert-OH is 3. The second-order valence-corrected chi connectivity index (χ2v) is 9.42. The number of hydrogen-bond donors (Lipinski definition) is 4. The van der Waals surface area contributed by atoms with Crippen molar-refractivity contribution in [1.82, 2.24) is 15.0 Å². The zero-order chi connectivity index (χ0) is 22.2. The quantitative estimate of drug-likeness (QED) is 0.407. The molecule has 3 heterocycles. The summed E-state index contributed by atoms with van der Waals surface area (Å²) in [6.07, 6.45) is -1.66. The molecular formula is C21H24ClN5O4S. The van der Waals surface area contributed by atoms with Crippen LogP contribution in [0, 0.1) is 5.92 Å². The van der Waals surface area contributed by atoms with Crippen molar-refractivity contribution in [2.24, 2.45) is 5.92 Å². The highest BCUT2D eigenvalue weighted by molar-refractivity contribution is 7.21. The molecule has 9 nitrogen and oxygen atoms in total. The number of aromatic nitrogens is 3. The molecule has 0 bridgehead atoms. The van der Waals surface area contributed by atoms with Crippen molar-refractivity contribution in [3.8, 4) is 10.6 Å². The average molecular weight is 478 g/mol. The number of halogens is 1. The number of morpholine rings is 1. The first-order valence-electron chi connectivity index (χ1n) is 10.5. The number of nitrogens with zero attached hydrogens (tertiary/aromatic N) is 4. The normalized spacial score (nSPS) is 26.1. The molecule has 1 saturated carbocycles. The first-order valence-corrected chi connectivity index (χ1v) is 11.7. The van der Waals surface area contributed by atoms with E-state index in [-0.39, 0.29) is 11.8 Å². The number of rotatable bonds is 5. The summed E-state index contributed by atoms with van der Waals surface area (Å²) < 4.78 is 6.44. The van der Waals surface area contributed by atoms with Gasteiger partial charge in [0, 0.05) is 25.6 Å². The molecule has 1 aliphatic carbocycles. The van der Waals surface area contributed by atoms with E-state index in [9.17, 15) is 15.3 Å². The van der Waals surface area contributed by atoms with Gasteiger partial charge in [-0.25, -0.2) is 9.97 Å². The third-order valence-corrected chi connectivity index (χ3v) is 7.34. The van der Waals surface area contributed by atoms with Crippen LogP contribution in [0.1, 0.15) is 6.42 Å². The Kier molecular flexibility index (Phi) is 6.15. The number of ether oxygens (including phenoxy) is 1. The Labute approximate surface area is 193 Å². The molecule has 1 aliphatic heterocycles. The van der Waals surface area contributed by atoms with Crippen molar-refractivity contribution >= 4 is 44.9 Å². The molecule has 2 fully saturated rings. The molecule has 0 radical (unpaired) electrons. The number of nitrogens with one attached hydrogen (secondary N) is 1. The van der Waals surface area contributed by atoms with Gasteiger partial charge >= 0.3 is 0 Å². The van der Waals surface area contributed by atoms with Crippen molar-refractivity contribution in [2.75, 3.05) is 43.1 Å². The molecule has 170 valence electrons. The van der Waals surface area contributed by atoms with Gasteiger partial charge in [-0.05, 0) is 18.6 Å². The number of thiazole rings is 1. The molecule has 2 aromatic heterocycles. The minimum atomic E-state index is -1.05. The number of anilines is 2. The molecule has 3 aromatic rings. The summed E-state index contributed by atoms with van der Waals surface area (Å²) in [6.45, 7) is 2.25. The van der Waals surface area contributed by atoms with Crippen molar-refractivity contribution < 1.29 is 20.1 Å². The largest absolute Gasteiger partial charge is 0.396 e. The van der Waals surface area contributed by atoms with Crippen LogP contribution in [-0.2, 0) is 4.74 Å². The fourth-order valence-corrected chi connectivity index (χ4v) is 5.55. The molecular weight excluding hydrogens is 454 g/mol. The van der Waals surface area contributed by atoms with Crippen LogP contribution in [0.3, 0.4) is 0 Å². The van der Waals surface area contributed by atoms with Crippen LogP contribution in [-0.4, -0.2) is 81.4 Å². The zero-order valence-electron chi connectivity index (χ0n) is 17.2. The summed E-state index contributed by atoms with van der Waals surface area (Å²) in [5, 5.41) is 34.5. The van der Waals surface area contributed by atoms with Crippen LogP contribution in [0.4, 0.5) is 11.8 Å². The van der Waals surface area contributed by atoms with Crippen LogP contribution in [0.5, 0.6) is 0 Å². The van der Waals surface area contributed by atoms with Gasteiger partial charge in [-0.15, -0.1) is 11.3 Å². The van der Waals surface area contributed by atoms with Crippen molar-refractivity contribution in [3.05, 3.63) is 29.4 Å². The van der Waals surface area contributed by atoms with Gasteiger partial charge in [0.2, 0.25) is 5.95 Å². The van der Waals surface area contributed by atoms with Crippen molar-refractivity contribution in [3.63, 3.8) is 0 Å². The van der Waals surface area contributed by atoms with Crippen LogP contribution in [0.25, 0.3) is 20.8 Å². The molecule has 1 saturated heterocycles. The molecule has 4 N–H and O–H groups in total. The van der Waals surface area contributed by atoms with Gasteiger partial charge in [0.15, 0.2) is 0 Å². The third-order valence-electron chi connectivity index (χ3n) is 6.01. The highest BCUT2D eigenvalue weighted by Gasteiger charge is 2.41. The summed E-state index contributed by atoms with van der Waals surface area (Å²) in [4.78, 5) is 16.0. The van der Waals surface area contributed by atoms with Gasteiger partial charge in [0.05, 0.1) is 41.1 Å². The van der Waals surface area contributed by atoms with Gasteiger partial charge in [-0.1, -0.05) is 23.7 Å².